The smallest absolute Gasteiger partial charge is 0.171 e. The number of hydrogen-bond acceptors (Lipinski definition) is 3. The normalized spacial score (nSPS) is 19.3. The highest BCUT2D eigenvalue weighted by atomic mass is 19.1. The van der Waals surface area contributed by atoms with E-state index in [4.69, 9.17) is 9.47 Å². The number of hydrogen-bond donors (Lipinski definition) is 1. The van der Waals surface area contributed by atoms with Gasteiger partial charge in [-0.05, 0) is 33.2 Å². The molecule has 1 aromatic carbocycles. The van der Waals surface area contributed by atoms with Crippen LogP contribution in [0, 0.1) is 19.7 Å². The Morgan fingerprint density at radius 2 is 1.79 bits per heavy atom. The summed E-state index contributed by atoms with van der Waals surface area (Å²) in [6.45, 7) is 5.62. The lowest BCUT2D eigenvalue weighted by Crippen LogP contribution is -2.29. The van der Waals surface area contributed by atoms with Gasteiger partial charge in [0, 0.05) is 29.2 Å². The van der Waals surface area contributed by atoms with E-state index in [1.54, 1.807) is 14.0 Å². The van der Waals surface area contributed by atoms with Gasteiger partial charge in [-0.15, -0.1) is 0 Å². The molecule has 1 aliphatic rings. The highest BCUT2D eigenvalue weighted by Crippen LogP contribution is 2.42. The van der Waals surface area contributed by atoms with Crippen LogP contribution in [0.15, 0.2) is 0 Å². The van der Waals surface area contributed by atoms with Crippen LogP contribution in [0.3, 0.4) is 0 Å². The minimum Gasteiger partial charge on any atom is -0.496 e. The molecule has 0 amide bonds. The van der Waals surface area contributed by atoms with E-state index in [2.05, 4.69) is 5.32 Å². The maximum atomic E-state index is 14.2. The predicted molar refractivity (Wildman–Crippen MR) is 73.8 cm³/mol. The van der Waals surface area contributed by atoms with Gasteiger partial charge in [-0.2, -0.15) is 0 Å². The van der Waals surface area contributed by atoms with Gasteiger partial charge in [0.05, 0.1) is 14.2 Å². The first kappa shape index (κ1) is 14.1. The molecule has 0 spiro atoms. The fourth-order valence-corrected chi connectivity index (χ4v) is 3.02. The van der Waals surface area contributed by atoms with Crippen LogP contribution < -0.4 is 14.8 Å². The average Bonchev–Trinajstić information content (AvgIpc) is 2.44. The predicted octanol–water partition coefficient (Wildman–Crippen LogP) is 2.93. The number of ether oxygens (including phenoxy) is 2. The molecule has 1 heterocycles. The van der Waals surface area contributed by atoms with Gasteiger partial charge in [0.15, 0.2) is 11.6 Å². The molecule has 1 unspecified atom stereocenters. The average molecular weight is 267 g/mol. The van der Waals surface area contributed by atoms with Gasteiger partial charge in [-0.3, -0.25) is 0 Å². The van der Waals surface area contributed by atoms with Crippen molar-refractivity contribution in [3.63, 3.8) is 0 Å². The minimum atomic E-state index is -0.315. The van der Waals surface area contributed by atoms with E-state index in [9.17, 15) is 4.39 Å². The first-order valence-electron chi connectivity index (χ1n) is 6.73. The van der Waals surface area contributed by atoms with Crippen molar-refractivity contribution in [2.24, 2.45) is 0 Å². The van der Waals surface area contributed by atoms with Crippen LogP contribution in [0.25, 0.3) is 0 Å². The lowest BCUT2D eigenvalue weighted by atomic mass is 9.86. The standard InChI is InChI=1S/C15H22FNO2/c1-9-12(11-6-5-7-17-8-11)14(18-3)10(2)13(16)15(9)19-4/h11,17H,5-8H2,1-4H3. The molecule has 1 N–H and O–H groups in total. The summed E-state index contributed by atoms with van der Waals surface area (Å²) in [4.78, 5) is 0. The van der Waals surface area contributed by atoms with Crippen LogP contribution in [-0.2, 0) is 0 Å². The number of nitrogens with one attached hydrogen (secondary N) is 1. The monoisotopic (exact) mass is 267 g/mol. The number of rotatable bonds is 3. The fraction of sp³-hybridized carbons (Fsp3) is 0.600. The third kappa shape index (κ3) is 2.41. The van der Waals surface area contributed by atoms with Gasteiger partial charge in [-0.1, -0.05) is 0 Å². The molecule has 0 aliphatic carbocycles. The Kier molecular flexibility index (Phi) is 4.30. The third-order valence-corrected chi connectivity index (χ3v) is 3.97. The highest BCUT2D eigenvalue weighted by Gasteiger charge is 2.27. The van der Waals surface area contributed by atoms with Crippen molar-refractivity contribution in [3.05, 3.63) is 22.5 Å². The number of methoxy groups -OCH3 is 2. The molecule has 0 radical (unpaired) electrons. The SMILES string of the molecule is COc1c(C)c(C2CCCNC2)c(OC)c(C)c1F. The zero-order chi connectivity index (χ0) is 14.0. The molecule has 1 aliphatic heterocycles. The molecular formula is C15H22FNO2. The molecule has 1 aromatic rings. The summed E-state index contributed by atoms with van der Waals surface area (Å²) >= 11 is 0. The molecule has 3 nitrogen and oxygen atoms in total. The Balaban J connectivity index is 2.59. The van der Waals surface area contributed by atoms with Crippen LogP contribution in [0.1, 0.15) is 35.4 Å². The van der Waals surface area contributed by atoms with Crippen molar-refractivity contribution < 1.29 is 13.9 Å². The Bertz CT molecular complexity index is 468. The zero-order valence-electron chi connectivity index (χ0n) is 12.1. The Hall–Kier alpha value is -1.29. The minimum absolute atomic E-state index is 0.315. The first-order chi connectivity index (χ1) is 9.11. The molecule has 0 bridgehead atoms. The van der Waals surface area contributed by atoms with Crippen molar-refractivity contribution in [2.45, 2.75) is 32.6 Å². The van der Waals surface area contributed by atoms with E-state index in [1.807, 2.05) is 6.92 Å². The second-order valence-corrected chi connectivity index (χ2v) is 5.09. The van der Waals surface area contributed by atoms with Crippen LogP contribution in [0.4, 0.5) is 4.39 Å². The Morgan fingerprint density at radius 1 is 1.11 bits per heavy atom. The molecule has 4 heteroatoms. The second kappa shape index (κ2) is 5.78. The first-order valence-corrected chi connectivity index (χ1v) is 6.73. The molecule has 1 saturated heterocycles. The number of benzene rings is 1. The van der Waals surface area contributed by atoms with Crippen molar-refractivity contribution in [3.8, 4) is 11.5 Å². The van der Waals surface area contributed by atoms with E-state index in [0.29, 0.717) is 23.0 Å². The summed E-state index contributed by atoms with van der Waals surface area (Å²) in [7, 11) is 3.12. The molecular weight excluding hydrogens is 245 g/mol. The van der Waals surface area contributed by atoms with Crippen LogP contribution in [0.5, 0.6) is 11.5 Å². The van der Waals surface area contributed by atoms with E-state index in [1.165, 1.54) is 7.11 Å². The number of piperidine rings is 1. The van der Waals surface area contributed by atoms with Gasteiger partial charge in [-0.25, -0.2) is 4.39 Å². The third-order valence-electron chi connectivity index (χ3n) is 3.97. The van der Waals surface area contributed by atoms with Gasteiger partial charge >= 0.3 is 0 Å². The highest BCUT2D eigenvalue weighted by molar-refractivity contribution is 5.55. The van der Waals surface area contributed by atoms with E-state index < -0.39 is 0 Å². The summed E-state index contributed by atoms with van der Waals surface area (Å²) in [5.74, 6) is 1.06. The van der Waals surface area contributed by atoms with Crippen molar-refractivity contribution in [2.75, 3.05) is 27.3 Å². The zero-order valence-corrected chi connectivity index (χ0v) is 12.1. The summed E-state index contributed by atoms with van der Waals surface area (Å²) in [5.41, 5.74) is 2.48. The van der Waals surface area contributed by atoms with Gasteiger partial charge < -0.3 is 14.8 Å². The Morgan fingerprint density at radius 3 is 2.32 bits per heavy atom. The van der Waals surface area contributed by atoms with E-state index in [-0.39, 0.29) is 5.82 Å². The van der Waals surface area contributed by atoms with Gasteiger partial charge in [0.25, 0.3) is 0 Å². The lowest BCUT2D eigenvalue weighted by molar-refractivity contribution is 0.359. The lowest BCUT2D eigenvalue weighted by Gasteiger charge is -2.28. The van der Waals surface area contributed by atoms with Crippen LogP contribution in [0.2, 0.25) is 0 Å². The van der Waals surface area contributed by atoms with Gasteiger partial charge in [0.1, 0.15) is 5.75 Å². The quantitative estimate of drug-likeness (QED) is 0.913. The Labute approximate surface area is 114 Å². The molecule has 19 heavy (non-hydrogen) atoms. The maximum Gasteiger partial charge on any atom is 0.171 e. The van der Waals surface area contributed by atoms with Crippen molar-refractivity contribution in [1.29, 1.82) is 0 Å². The summed E-state index contributed by atoms with van der Waals surface area (Å²) in [6, 6.07) is 0. The van der Waals surface area contributed by atoms with Gasteiger partial charge in [0.2, 0.25) is 0 Å². The van der Waals surface area contributed by atoms with E-state index in [0.717, 1.165) is 37.1 Å². The number of halogens is 1. The molecule has 0 saturated carbocycles. The molecule has 1 atom stereocenters. The fourth-order valence-electron chi connectivity index (χ4n) is 3.02. The maximum absolute atomic E-state index is 14.2. The van der Waals surface area contributed by atoms with E-state index >= 15 is 0 Å². The van der Waals surface area contributed by atoms with Crippen molar-refractivity contribution >= 4 is 0 Å². The second-order valence-electron chi connectivity index (χ2n) is 5.09. The van der Waals surface area contributed by atoms with Crippen LogP contribution >= 0.6 is 0 Å². The largest absolute Gasteiger partial charge is 0.496 e. The molecule has 2 rings (SSSR count). The molecule has 106 valence electrons. The summed E-state index contributed by atoms with van der Waals surface area (Å²) < 4.78 is 24.9. The summed E-state index contributed by atoms with van der Waals surface area (Å²) in [5, 5.41) is 3.39. The molecule has 1 fully saturated rings. The van der Waals surface area contributed by atoms with Crippen molar-refractivity contribution in [1.82, 2.24) is 5.32 Å². The summed E-state index contributed by atoms with van der Waals surface area (Å²) in [6.07, 6.45) is 2.23. The molecule has 0 aromatic heterocycles. The topological polar surface area (TPSA) is 30.5 Å². The van der Waals surface area contributed by atoms with Crippen LogP contribution in [-0.4, -0.2) is 27.3 Å².